The monoisotopic (exact) mass is 310 g/mol. The van der Waals surface area contributed by atoms with E-state index in [9.17, 15) is 4.79 Å². The van der Waals surface area contributed by atoms with Crippen molar-refractivity contribution in [1.29, 1.82) is 0 Å². The molecule has 0 aromatic carbocycles. The highest BCUT2D eigenvalue weighted by atomic mass is 16.2. The average Bonchev–Trinajstić information content (AvgIpc) is 2.58. The first-order valence-electron chi connectivity index (χ1n) is 7.57. The van der Waals surface area contributed by atoms with E-state index in [1.807, 2.05) is 49.3 Å². The van der Waals surface area contributed by atoms with Crippen LogP contribution in [-0.4, -0.2) is 52.9 Å². The zero-order chi connectivity index (χ0) is 16.5. The molecule has 23 heavy (non-hydrogen) atoms. The zero-order valence-electron chi connectivity index (χ0n) is 13.6. The Kier molecular flexibility index (Phi) is 6.44. The molecule has 0 unspecified atom stereocenters. The topological polar surface area (TPSA) is 49.3 Å². The number of aromatic nitrogens is 2. The molecular weight excluding hydrogens is 288 g/mol. The summed E-state index contributed by atoms with van der Waals surface area (Å²) < 4.78 is 0. The van der Waals surface area contributed by atoms with E-state index >= 15 is 0 Å². The number of hydrogen-bond acceptors (Lipinski definition) is 4. The van der Waals surface area contributed by atoms with Gasteiger partial charge in [-0.25, -0.2) is 0 Å². The number of carbonyl (C=O) groups excluding carboxylic acids is 1. The highest BCUT2D eigenvalue weighted by Gasteiger charge is 2.11. The van der Waals surface area contributed by atoms with Crippen LogP contribution >= 0.6 is 0 Å². The van der Waals surface area contributed by atoms with Gasteiger partial charge in [-0.2, -0.15) is 0 Å². The number of carbonyl (C=O) groups is 1. The molecule has 0 spiro atoms. The molecule has 1 amide bonds. The summed E-state index contributed by atoms with van der Waals surface area (Å²) >= 11 is 0. The SMILES string of the molecule is CN(C)CCN(Cc1cccnc1)C(=O)/C=C/c1ccccn1. The van der Waals surface area contributed by atoms with Crippen molar-refractivity contribution < 1.29 is 4.79 Å². The fourth-order valence-corrected chi connectivity index (χ4v) is 2.04. The second kappa shape index (κ2) is 8.80. The van der Waals surface area contributed by atoms with Gasteiger partial charge in [0.05, 0.1) is 5.69 Å². The molecule has 0 aliphatic rings. The van der Waals surface area contributed by atoms with E-state index < -0.39 is 0 Å². The molecule has 5 nitrogen and oxygen atoms in total. The van der Waals surface area contributed by atoms with Gasteiger partial charge in [0.1, 0.15) is 0 Å². The molecule has 2 aromatic rings. The summed E-state index contributed by atoms with van der Waals surface area (Å²) in [4.78, 5) is 24.7. The van der Waals surface area contributed by atoms with Gasteiger partial charge in [-0.05, 0) is 43.9 Å². The Hall–Kier alpha value is -2.53. The molecule has 2 heterocycles. The molecule has 0 saturated heterocycles. The largest absolute Gasteiger partial charge is 0.333 e. The summed E-state index contributed by atoms with van der Waals surface area (Å²) in [6.07, 6.45) is 8.56. The van der Waals surface area contributed by atoms with Gasteiger partial charge in [0.2, 0.25) is 5.91 Å². The van der Waals surface area contributed by atoms with Crippen LogP contribution in [0.15, 0.2) is 55.0 Å². The Bertz CT molecular complexity index is 626. The molecule has 0 saturated carbocycles. The fraction of sp³-hybridized carbons (Fsp3) is 0.278. The lowest BCUT2D eigenvalue weighted by molar-refractivity contribution is -0.126. The standard InChI is InChI=1S/C18H22N4O/c1-21(2)12-13-22(15-16-6-5-10-19-14-16)18(23)9-8-17-7-3-4-11-20-17/h3-11,14H,12-13,15H2,1-2H3/b9-8+. The first-order chi connectivity index (χ1) is 11.1. The van der Waals surface area contributed by atoms with Gasteiger partial charge in [-0.15, -0.1) is 0 Å². The second-order valence-corrected chi connectivity index (χ2v) is 5.51. The van der Waals surface area contributed by atoms with Crippen LogP contribution in [0.4, 0.5) is 0 Å². The van der Waals surface area contributed by atoms with Crippen LogP contribution < -0.4 is 0 Å². The van der Waals surface area contributed by atoms with Crippen LogP contribution in [0.5, 0.6) is 0 Å². The fourth-order valence-electron chi connectivity index (χ4n) is 2.04. The van der Waals surface area contributed by atoms with Crippen molar-refractivity contribution in [1.82, 2.24) is 19.8 Å². The molecule has 0 fully saturated rings. The Morgan fingerprint density at radius 3 is 2.65 bits per heavy atom. The normalized spacial score (nSPS) is 11.1. The number of likely N-dealkylation sites (N-methyl/N-ethyl adjacent to an activating group) is 1. The number of amides is 1. The first-order valence-corrected chi connectivity index (χ1v) is 7.57. The first kappa shape index (κ1) is 16.8. The molecular formula is C18H22N4O. The molecule has 0 aliphatic carbocycles. The number of rotatable bonds is 7. The maximum Gasteiger partial charge on any atom is 0.246 e. The van der Waals surface area contributed by atoms with Crippen molar-refractivity contribution in [3.8, 4) is 0 Å². The van der Waals surface area contributed by atoms with E-state index in [-0.39, 0.29) is 5.91 Å². The van der Waals surface area contributed by atoms with Gasteiger partial charge in [-0.1, -0.05) is 12.1 Å². The average molecular weight is 310 g/mol. The molecule has 0 bridgehead atoms. The highest BCUT2D eigenvalue weighted by molar-refractivity contribution is 5.91. The Balaban J connectivity index is 2.05. The third-order valence-electron chi connectivity index (χ3n) is 3.31. The van der Waals surface area contributed by atoms with E-state index in [1.54, 1.807) is 30.7 Å². The van der Waals surface area contributed by atoms with Crippen molar-refractivity contribution in [3.05, 3.63) is 66.3 Å². The summed E-state index contributed by atoms with van der Waals surface area (Å²) in [6, 6.07) is 9.48. The lowest BCUT2D eigenvalue weighted by atomic mass is 10.2. The predicted molar refractivity (Wildman–Crippen MR) is 91.5 cm³/mol. The second-order valence-electron chi connectivity index (χ2n) is 5.51. The van der Waals surface area contributed by atoms with Crippen molar-refractivity contribution in [2.45, 2.75) is 6.54 Å². The summed E-state index contributed by atoms with van der Waals surface area (Å²) in [7, 11) is 3.99. The van der Waals surface area contributed by atoms with Gasteiger partial charge in [0.15, 0.2) is 0 Å². The van der Waals surface area contributed by atoms with Crippen molar-refractivity contribution in [2.24, 2.45) is 0 Å². The maximum atomic E-state index is 12.5. The van der Waals surface area contributed by atoms with Gasteiger partial charge in [0, 0.05) is 44.3 Å². The minimum Gasteiger partial charge on any atom is -0.333 e. The Morgan fingerprint density at radius 1 is 1.13 bits per heavy atom. The lowest BCUT2D eigenvalue weighted by Gasteiger charge is -2.23. The molecule has 0 radical (unpaired) electrons. The van der Waals surface area contributed by atoms with E-state index in [0.29, 0.717) is 13.1 Å². The lowest BCUT2D eigenvalue weighted by Crippen LogP contribution is -2.35. The van der Waals surface area contributed by atoms with Crippen molar-refractivity contribution >= 4 is 12.0 Å². The van der Waals surface area contributed by atoms with Crippen LogP contribution in [0, 0.1) is 0 Å². The van der Waals surface area contributed by atoms with Crippen LogP contribution in [0.3, 0.4) is 0 Å². The summed E-state index contributed by atoms with van der Waals surface area (Å²) in [6.45, 7) is 2.02. The quantitative estimate of drug-likeness (QED) is 0.735. The summed E-state index contributed by atoms with van der Waals surface area (Å²) in [5, 5.41) is 0. The van der Waals surface area contributed by atoms with Gasteiger partial charge >= 0.3 is 0 Å². The maximum absolute atomic E-state index is 12.5. The third-order valence-corrected chi connectivity index (χ3v) is 3.31. The van der Waals surface area contributed by atoms with Crippen LogP contribution in [0.1, 0.15) is 11.3 Å². The van der Waals surface area contributed by atoms with Gasteiger partial charge < -0.3 is 9.80 Å². The molecule has 0 atom stereocenters. The molecule has 0 N–H and O–H groups in total. The number of nitrogens with zero attached hydrogens (tertiary/aromatic N) is 4. The summed E-state index contributed by atoms with van der Waals surface area (Å²) in [5.41, 5.74) is 1.79. The minimum absolute atomic E-state index is 0.0265. The Morgan fingerprint density at radius 2 is 2.00 bits per heavy atom. The van der Waals surface area contributed by atoms with E-state index in [1.165, 1.54) is 0 Å². The minimum atomic E-state index is -0.0265. The van der Waals surface area contributed by atoms with E-state index in [4.69, 9.17) is 0 Å². The smallest absolute Gasteiger partial charge is 0.246 e. The van der Waals surface area contributed by atoms with Crippen molar-refractivity contribution in [2.75, 3.05) is 27.2 Å². The van der Waals surface area contributed by atoms with Gasteiger partial charge in [0.25, 0.3) is 0 Å². The molecule has 2 aromatic heterocycles. The van der Waals surface area contributed by atoms with E-state index in [0.717, 1.165) is 17.8 Å². The van der Waals surface area contributed by atoms with Gasteiger partial charge in [-0.3, -0.25) is 14.8 Å². The van der Waals surface area contributed by atoms with Crippen LogP contribution in [0.2, 0.25) is 0 Å². The molecule has 2 rings (SSSR count). The van der Waals surface area contributed by atoms with Crippen LogP contribution in [-0.2, 0) is 11.3 Å². The van der Waals surface area contributed by atoms with E-state index in [2.05, 4.69) is 14.9 Å². The molecule has 120 valence electrons. The summed E-state index contributed by atoms with van der Waals surface area (Å²) in [5.74, 6) is -0.0265. The zero-order valence-corrected chi connectivity index (χ0v) is 13.6. The molecule has 5 heteroatoms. The highest BCUT2D eigenvalue weighted by Crippen LogP contribution is 2.05. The Labute approximate surface area is 137 Å². The third kappa shape index (κ3) is 6.00. The van der Waals surface area contributed by atoms with Crippen molar-refractivity contribution in [3.63, 3.8) is 0 Å². The molecule has 0 aliphatic heterocycles. The predicted octanol–water partition coefficient (Wildman–Crippen LogP) is 2.08. The van der Waals surface area contributed by atoms with Crippen LogP contribution in [0.25, 0.3) is 6.08 Å². The number of hydrogen-bond donors (Lipinski definition) is 0. The number of pyridine rings is 2.